The van der Waals surface area contributed by atoms with Crippen LogP contribution in [-0.2, 0) is 6.42 Å². The van der Waals surface area contributed by atoms with Crippen LogP contribution in [0.5, 0.6) is 0 Å². The van der Waals surface area contributed by atoms with Crippen molar-refractivity contribution >= 4 is 11.6 Å². The third-order valence-electron chi connectivity index (χ3n) is 6.18. The first-order valence-electron chi connectivity index (χ1n) is 13.6. The average Bonchev–Trinajstić information content (AvgIpc) is 2.84. The number of hydrogen-bond donors (Lipinski definition) is 2. The standard InChI is InChI=1S/C22H36O2.C10H12O2/c1-4-5-6-7-8-9-10-11-12-13-14-19-15-17-20(18-16-19)21(23)22(2,3)24;1-10(2,12)9(11)8-6-4-3-5-7-8/h15-18,24H,4-14H2,1-3H3;3-7,12H,1-2H3. The summed E-state index contributed by atoms with van der Waals surface area (Å²) < 4.78 is 0. The molecular weight excluding hydrogens is 448 g/mol. The Labute approximate surface area is 219 Å². The van der Waals surface area contributed by atoms with Gasteiger partial charge in [-0.3, -0.25) is 9.59 Å². The summed E-state index contributed by atoms with van der Waals surface area (Å²) in [7, 11) is 0. The van der Waals surface area contributed by atoms with E-state index in [4.69, 9.17) is 0 Å². The summed E-state index contributed by atoms with van der Waals surface area (Å²) in [5, 5.41) is 19.2. The van der Waals surface area contributed by atoms with Crippen LogP contribution in [0, 0.1) is 0 Å². The predicted molar refractivity (Wildman–Crippen MR) is 150 cm³/mol. The molecule has 0 fully saturated rings. The van der Waals surface area contributed by atoms with Crippen LogP contribution >= 0.6 is 0 Å². The van der Waals surface area contributed by atoms with E-state index in [1.807, 2.05) is 30.3 Å². The Morgan fingerprint density at radius 2 is 0.972 bits per heavy atom. The lowest BCUT2D eigenvalue weighted by atomic mass is 9.95. The van der Waals surface area contributed by atoms with Gasteiger partial charge < -0.3 is 10.2 Å². The van der Waals surface area contributed by atoms with E-state index in [1.165, 1.54) is 97.5 Å². The number of carbonyl (C=O) groups excluding carboxylic acids is 2. The Kier molecular flexibility index (Phi) is 14.5. The van der Waals surface area contributed by atoms with Crippen molar-refractivity contribution in [3.63, 3.8) is 0 Å². The number of unbranched alkanes of at least 4 members (excludes halogenated alkanes) is 9. The first-order valence-corrected chi connectivity index (χ1v) is 13.6. The van der Waals surface area contributed by atoms with Gasteiger partial charge in [-0.15, -0.1) is 0 Å². The Bertz CT molecular complexity index is 871. The quantitative estimate of drug-likeness (QED) is 0.195. The van der Waals surface area contributed by atoms with E-state index < -0.39 is 11.2 Å². The van der Waals surface area contributed by atoms with Gasteiger partial charge in [0.2, 0.25) is 0 Å². The largest absolute Gasteiger partial charge is 0.382 e. The highest BCUT2D eigenvalue weighted by molar-refractivity contribution is 6.02. The van der Waals surface area contributed by atoms with Crippen molar-refractivity contribution in [2.45, 2.75) is 116 Å². The Hall–Kier alpha value is -2.30. The number of aryl methyl sites for hydroxylation is 1. The molecule has 4 nitrogen and oxygen atoms in total. The highest BCUT2D eigenvalue weighted by Gasteiger charge is 2.25. The number of aliphatic hydroxyl groups is 2. The highest BCUT2D eigenvalue weighted by atomic mass is 16.3. The molecule has 200 valence electrons. The number of ketones is 2. The molecular formula is C32H48O4. The molecule has 0 bridgehead atoms. The Morgan fingerprint density at radius 1 is 0.583 bits per heavy atom. The molecule has 0 saturated heterocycles. The van der Waals surface area contributed by atoms with Gasteiger partial charge in [0.05, 0.1) is 0 Å². The number of hydrogen-bond acceptors (Lipinski definition) is 4. The summed E-state index contributed by atoms with van der Waals surface area (Å²) in [5.74, 6) is -0.462. The van der Waals surface area contributed by atoms with Crippen LogP contribution in [0.2, 0.25) is 0 Å². The van der Waals surface area contributed by atoms with E-state index in [0.29, 0.717) is 11.1 Å². The molecule has 0 heterocycles. The minimum atomic E-state index is -1.29. The van der Waals surface area contributed by atoms with Crippen molar-refractivity contribution in [1.29, 1.82) is 0 Å². The van der Waals surface area contributed by atoms with Crippen molar-refractivity contribution in [3.05, 3.63) is 71.3 Å². The van der Waals surface area contributed by atoms with Crippen LogP contribution in [0.25, 0.3) is 0 Å². The molecule has 0 saturated carbocycles. The smallest absolute Gasteiger partial charge is 0.193 e. The van der Waals surface area contributed by atoms with Gasteiger partial charge in [-0.25, -0.2) is 0 Å². The molecule has 0 spiro atoms. The molecule has 0 aromatic heterocycles. The molecule has 0 radical (unpaired) electrons. The zero-order valence-electron chi connectivity index (χ0n) is 23.2. The van der Waals surface area contributed by atoms with Gasteiger partial charge in [0.25, 0.3) is 0 Å². The summed E-state index contributed by atoms with van der Waals surface area (Å²) in [6, 6.07) is 16.5. The summed E-state index contributed by atoms with van der Waals surface area (Å²) >= 11 is 0. The number of rotatable bonds is 15. The number of benzene rings is 2. The summed E-state index contributed by atoms with van der Waals surface area (Å²) in [4.78, 5) is 23.4. The monoisotopic (exact) mass is 496 g/mol. The van der Waals surface area contributed by atoms with Crippen LogP contribution in [-0.4, -0.2) is 33.0 Å². The molecule has 2 aromatic carbocycles. The Morgan fingerprint density at radius 3 is 1.39 bits per heavy atom. The zero-order chi connectivity index (χ0) is 27.0. The molecule has 4 heteroatoms. The summed E-state index contributed by atoms with van der Waals surface area (Å²) in [6.45, 7) is 8.31. The minimum absolute atomic E-state index is 0.215. The molecule has 0 unspecified atom stereocenters. The average molecular weight is 497 g/mol. The summed E-state index contributed by atoms with van der Waals surface area (Å²) in [5.41, 5.74) is -0.152. The molecule has 0 aliphatic rings. The lowest BCUT2D eigenvalue weighted by molar-refractivity contribution is 0.0487. The van der Waals surface area contributed by atoms with Gasteiger partial charge >= 0.3 is 0 Å². The first kappa shape index (κ1) is 31.7. The maximum atomic E-state index is 12.0. The topological polar surface area (TPSA) is 74.6 Å². The fourth-order valence-corrected chi connectivity index (χ4v) is 3.94. The van der Waals surface area contributed by atoms with Crippen LogP contribution in [0.4, 0.5) is 0 Å². The van der Waals surface area contributed by atoms with Gasteiger partial charge in [-0.05, 0) is 46.1 Å². The van der Waals surface area contributed by atoms with E-state index >= 15 is 0 Å². The van der Waals surface area contributed by atoms with E-state index in [1.54, 1.807) is 24.3 Å². The molecule has 0 aliphatic heterocycles. The first-order chi connectivity index (χ1) is 17.0. The molecule has 0 aliphatic carbocycles. The second kappa shape index (κ2) is 16.4. The lowest BCUT2D eigenvalue weighted by Gasteiger charge is -2.15. The predicted octanol–water partition coefficient (Wildman–Crippen LogP) is 7.74. The highest BCUT2D eigenvalue weighted by Crippen LogP contribution is 2.16. The molecule has 0 atom stereocenters. The minimum Gasteiger partial charge on any atom is -0.382 e. The van der Waals surface area contributed by atoms with Crippen LogP contribution in [0.15, 0.2) is 54.6 Å². The van der Waals surface area contributed by atoms with Crippen molar-refractivity contribution in [2.75, 3.05) is 0 Å². The lowest BCUT2D eigenvalue weighted by Crippen LogP contribution is -2.31. The van der Waals surface area contributed by atoms with E-state index in [0.717, 1.165) is 6.42 Å². The number of carbonyl (C=O) groups is 2. The Balaban J connectivity index is 0.000000450. The second-order valence-electron chi connectivity index (χ2n) is 10.8. The SMILES string of the molecule is CC(C)(O)C(=O)c1ccccc1.CCCCCCCCCCCCc1ccc(C(=O)C(C)(C)O)cc1. The van der Waals surface area contributed by atoms with Gasteiger partial charge in [0.15, 0.2) is 11.6 Å². The third kappa shape index (κ3) is 13.1. The zero-order valence-corrected chi connectivity index (χ0v) is 23.2. The van der Waals surface area contributed by atoms with Gasteiger partial charge in [-0.1, -0.05) is 119 Å². The second-order valence-corrected chi connectivity index (χ2v) is 10.8. The van der Waals surface area contributed by atoms with E-state index in [-0.39, 0.29) is 11.6 Å². The van der Waals surface area contributed by atoms with Crippen LogP contribution < -0.4 is 0 Å². The van der Waals surface area contributed by atoms with Crippen LogP contribution in [0.1, 0.15) is 125 Å². The molecule has 2 aromatic rings. The van der Waals surface area contributed by atoms with Crippen LogP contribution in [0.3, 0.4) is 0 Å². The van der Waals surface area contributed by atoms with Crippen molar-refractivity contribution < 1.29 is 19.8 Å². The van der Waals surface area contributed by atoms with Gasteiger partial charge in [0, 0.05) is 11.1 Å². The van der Waals surface area contributed by atoms with Gasteiger partial charge in [0.1, 0.15) is 11.2 Å². The van der Waals surface area contributed by atoms with Crippen molar-refractivity contribution in [1.82, 2.24) is 0 Å². The number of Topliss-reactive ketones (excluding diaryl/α,β-unsaturated/α-hetero) is 2. The van der Waals surface area contributed by atoms with Gasteiger partial charge in [-0.2, -0.15) is 0 Å². The fourth-order valence-electron chi connectivity index (χ4n) is 3.94. The summed E-state index contributed by atoms with van der Waals surface area (Å²) in [6.07, 6.45) is 14.6. The normalized spacial score (nSPS) is 11.5. The maximum Gasteiger partial charge on any atom is 0.193 e. The molecule has 0 amide bonds. The fraction of sp³-hybridized carbons (Fsp3) is 0.562. The van der Waals surface area contributed by atoms with E-state index in [9.17, 15) is 19.8 Å². The third-order valence-corrected chi connectivity index (χ3v) is 6.18. The van der Waals surface area contributed by atoms with E-state index in [2.05, 4.69) is 6.92 Å². The maximum absolute atomic E-state index is 12.0. The van der Waals surface area contributed by atoms with Crippen molar-refractivity contribution in [2.24, 2.45) is 0 Å². The molecule has 36 heavy (non-hydrogen) atoms. The van der Waals surface area contributed by atoms with Crippen molar-refractivity contribution in [3.8, 4) is 0 Å². The molecule has 2 N–H and O–H groups in total. The molecule has 2 rings (SSSR count).